The molecule has 1 aliphatic rings. The van der Waals surface area contributed by atoms with Crippen molar-refractivity contribution in [3.8, 4) is 11.8 Å². The molecule has 0 N–H and O–H groups in total. The molecule has 0 unspecified atom stereocenters. The Morgan fingerprint density at radius 1 is 1.09 bits per heavy atom. The first-order valence-corrected chi connectivity index (χ1v) is 8.09. The van der Waals surface area contributed by atoms with E-state index in [2.05, 4.69) is 45.6 Å². The highest BCUT2D eigenvalue weighted by molar-refractivity contribution is 7.99. The van der Waals surface area contributed by atoms with Crippen molar-refractivity contribution in [1.82, 2.24) is 14.9 Å². The molecule has 0 radical (unpaired) electrons. The molecule has 22 heavy (non-hydrogen) atoms. The number of hydrogen-bond donors (Lipinski definition) is 0. The normalized spacial score (nSPS) is 12.4. The number of pyridine rings is 2. The van der Waals surface area contributed by atoms with Crippen LogP contribution in [-0.4, -0.2) is 41.5 Å². The van der Waals surface area contributed by atoms with E-state index in [1.165, 1.54) is 4.90 Å². The Kier molecular flexibility index (Phi) is 4.62. The number of nitrogens with zero attached hydrogens (tertiary/aromatic N) is 4. The summed E-state index contributed by atoms with van der Waals surface area (Å²) in [5.41, 5.74) is 2.27. The van der Waals surface area contributed by atoms with Gasteiger partial charge in [0.05, 0.1) is 35.6 Å². The minimum absolute atomic E-state index is 0.661. The predicted octanol–water partition coefficient (Wildman–Crippen LogP) is 3.03. The predicted molar refractivity (Wildman–Crippen MR) is 90.6 cm³/mol. The standard InChI is InChI=1S/C17H18N4S/c1-3-20(2)10-4-5-11-21-14-6-8-19-13-17(14)22-16-7-9-18-12-15(16)21/h6-9,12-13H,3,10-11H2,1-2H3. The average Bonchev–Trinajstić information content (AvgIpc) is 2.57. The number of rotatable bonds is 3. The fourth-order valence-corrected chi connectivity index (χ4v) is 3.22. The third-order valence-corrected chi connectivity index (χ3v) is 4.68. The van der Waals surface area contributed by atoms with Gasteiger partial charge in [0.1, 0.15) is 0 Å². The molecular formula is C17H18N4S. The Bertz CT molecular complexity index is 674. The van der Waals surface area contributed by atoms with Crippen LogP contribution >= 0.6 is 11.8 Å². The van der Waals surface area contributed by atoms with Gasteiger partial charge >= 0.3 is 0 Å². The minimum atomic E-state index is 0.661. The second kappa shape index (κ2) is 6.82. The Balaban J connectivity index is 1.87. The largest absolute Gasteiger partial charge is 0.326 e. The quantitative estimate of drug-likeness (QED) is 0.814. The third kappa shape index (κ3) is 3.08. The van der Waals surface area contributed by atoms with Crippen LogP contribution in [0.15, 0.2) is 46.7 Å². The maximum Gasteiger partial charge on any atom is 0.0845 e. The Hall–Kier alpha value is -2.03. The Morgan fingerprint density at radius 2 is 1.91 bits per heavy atom. The van der Waals surface area contributed by atoms with E-state index in [1.807, 2.05) is 36.9 Å². The van der Waals surface area contributed by atoms with E-state index >= 15 is 0 Å². The first-order chi connectivity index (χ1) is 10.8. The van der Waals surface area contributed by atoms with Crippen LogP contribution in [0.1, 0.15) is 6.92 Å². The fourth-order valence-electron chi connectivity index (χ4n) is 2.19. The highest BCUT2D eigenvalue weighted by atomic mass is 32.2. The van der Waals surface area contributed by atoms with E-state index in [4.69, 9.17) is 0 Å². The molecule has 1 aliphatic heterocycles. The van der Waals surface area contributed by atoms with Gasteiger partial charge in [0.2, 0.25) is 0 Å². The van der Waals surface area contributed by atoms with Gasteiger partial charge in [-0.3, -0.25) is 14.9 Å². The van der Waals surface area contributed by atoms with E-state index in [-0.39, 0.29) is 0 Å². The molecule has 0 spiro atoms. The van der Waals surface area contributed by atoms with Gasteiger partial charge in [-0.2, -0.15) is 0 Å². The van der Waals surface area contributed by atoms with Gasteiger partial charge in [0.15, 0.2) is 0 Å². The smallest absolute Gasteiger partial charge is 0.0845 e. The molecule has 0 bridgehead atoms. The molecule has 0 aromatic carbocycles. The lowest BCUT2D eigenvalue weighted by Crippen LogP contribution is -2.22. The van der Waals surface area contributed by atoms with Crippen LogP contribution in [0.25, 0.3) is 0 Å². The molecule has 3 rings (SSSR count). The zero-order valence-electron chi connectivity index (χ0n) is 12.8. The highest BCUT2D eigenvalue weighted by Gasteiger charge is 2.22. The van der Waals surface area contributed by atoms with Gasteiger partial charge in [-0.05, 0) is 25.7 Å². The van der Waals surface area contributed by atoms with E-state index in [0.717, 1.165) is 29.4 Å². The summed E-state index contributed by atoms with van der Waals surface area (Å²) >= 11 is 1.73. The van der Waals surface area contributed by atoms with Crippen molar-refractivity contribution >= 4 is 23.1 Å². The SMILES string of the molecule is CCN(C)CC#CCN1c2ccncc2Sc2ccncc21. The molecule has 0 aliphatic carbocycles. The Labute approximate surface area is 135 Å². The van der Waals surface area contributed by atoms with Crippen molar-refractivity contribution in [2.24, 2.45) is 0 Å². The summed E-state index contributed by atoms with van der Waals surface area (Å²) in [6.45, 7) is 4.60. The summed E-state index contributed by atoms with van der Waals surface area (Å²) in [6.07, 6.45) is 7.47. The molecule has 3 heterocycles. The van der Waals surface area contributed by atoms with E-state index in [1.54, 1.807) is 11.8 Å². The summed E-state index contributed by atoms with van der Waals surface area (Å²) in [5.74, 6) is 6.52. The van der Waals surface area contributed by atoms with Crippen LogP contribution in [-0.2, 0) is 0 Å². The zero-order chi connectivity index (χ0) is 15.4. The molecule has 0 saturated heterocycles. The van der Waals surface area contributed by atoms with Crippen molar-refractivity contribution in [2.75, 3.05) is 31.6 Å². The van der Waals surface area contributed by atoms with Crippen LogP contribution in [0.5, 0.6) is 0 Å². The lowest BCUT2D eigenvalue weighted by atomic mass is 10.2. The van der Waals surface area contributed by atoms with Crippen LogP contribution in [0.4, 0.5) is 11.4 Å². The number of aromatic nitrogens is 2. The molecule has 0 fully saturated rings. The highest BCUT2D eigenvalue weighted by Crippen LogP contribution is 2.46. The van der Waals surface area contributed by atoms with Crippen molar-refractivity contribution in [3.05, 3.63) is 36.9 Å². The molecule has 0 amide bonds. The molecule has 2 aromatic rings. The average molecular weight is 310 g/mol. The second-order valence-corrected chi connectivity index (χ2v) is 6.14. The first-order valence-electron chi connectivity index (χ1n) is 7.27. The number of fused-ring (bicyclic) bond motifs is 2. The van der Waals surface area contributed by atoms with Gasteiger partial charge in [0.25, 0.3) is 0 Å². The van der Waals surface area contributed by atoms with Gasteiger partial charge in [-0.1, -0.05) is 30.5 Å². The maximum absolute atomic E-state index is 4.26. The zero-order valence-corrected chi connectivity index (χ0v) is 13.6. The monoisotopic (exact) mass is 310 g/mol. The summed E-state index contributed by atoms with van der Waals surface area (Å²) in [6, 6.07) is 4.08. The topological polar surface area (TPSA) is 32.3 Å². The summed E-state index contributed by atoms with van der Waals surface area (Å²) in [7, 11) is 2.08. The van der Waals surface area contributed by atoms with E-state index in [0.29, 0.717) is 6.54 Å². The molecule has 0 saturated carbocycles. The van der Waals surface area contributed by atoms with Crippen LogP contribution in [0.3, 0.4) is 0 Å². The molecule has 2 aromatic heterocycles. The van der Waals surface area contributed by atoms with Crippen LogP contribution < -0.4 is 4.90 Å². The van der Waals surface area contributed by atoms with Crippen molar-refractivity contribution < 1.29 is 0 Å². The molecule has 0 atom stereocenters. The van der Waals surface area contributed by atoms with Gasteiger partial charge in [-0.15, -0.1) is 0 Å². The third-order valence-electron chi connectivity index (χ3n) is 3.58. The fraction of sp³-hybridized carbons (Fsp3) is 0.294. The van der Waals surface area contributed by atoms with Crippen molar-refractivity contribution in [2.45, 2.75) is 16.7 Å². The van der Waals surface area contributed by atoms with Crippen molar-refractivity contribution in [3.63, 3.8) is 0 Å². The van der Waals surface area contributed by atoms with Gasteiger partial charge in [-0.25, -0.2) is 0 Å². The van der Waals surface area contributed by atoms with E-state index in [9.17, 15) is 0 Å². The van der Waals surface area contributed by atoms with Crippen LogP contribution in [0, 0.1) is 11.8 Å². The Morgan fingerprint density at radius 3 is 2.77 bits per heavy atom. The van der Waals surface area contributed by atoms with Gasteiger partial charge in [0, 0.05) is 23.5 Å². The molecular weight excluding hydrogens is 292 g/mol. The van der Waals surface area contributed by atoms with E-state index < -0.39 is 0 Å². The number of hydrogen-bond acceptors (Lipinski definition) is 5. The second-order valence-electron chi connectivity index (χ2n) is 5.06. The molecule has 112 valence electrons. The lowest BCUT2D eigenvalue weighted by molar-refractivity contribution is 0.398. The first kappa shape index (κ1) is 14.9. The summed E-state index contributed by atoms with van der Waals surface area (Å²) in [5, 5.41) is 0. The lowest BCUT2D eigenvalue weighted by Gasteiger charge is -2.30. The minimum Gasteiger partial charge on any atom is -0.326 e. The summed E-state index contributed by atoms with van der Waals surface area (Å²) in [4.78, 5) is 15.3. The maximum atomic E-state index is 4.26. The molecule has 5 heteroatoms. The van der Waals surface area contributed by atoms with Crippen LogP contribution in [0.2, 0.25) is 0 Å². The molecule has 4 nitrogen and oxygen atoms in total. The number of anilines is 2. The van der Waals surface area contributed by atoms with Gasteiger partial charge < -0.3 is 4.90 Å². The van der Waals surface area contributed by atoms with Crippen molar-refractivity contribution in [1.29, 1.82) is 0 Å². The summed E-state index contributed by atoms with van der Waals surface area (Å²) < 4.78 is 0.